The van der Waals surface area contributed by atoms with Crippen molar-refractivity contribution in [3.8, 4) is 0 Å². The molecule has 0 saturated heterocycles. The van der Waals surface area contributed by atoms with E-state index in [1.807, 2.05) is 0 Å². The molecule has 0 aliphatic heterocycles. The van der Waals surface area contributed by atoms with Crippen molar-refractivity contribution in [2.75, 3.05) is 10.6 Å². The lowest BCUT2D eigenvalue weighted by atomic mass is 10.1. The molecule has 1 aromatic carbocycles. The van der Waals surface area contributed by atoms with E-state index >= 15 is 0 Å². The van der Waals surface area contributed by atoms with Crippen molar-refractivity contribution in [3.05, 3.63) is 52.8 Å². The molecule has 3 rings (SSSR count). The molecule has 0 spiro atoms. The zero-order valence-corrected chi connectivity index (χ0v) is 14.5. The summed E-state index contributed by atoms with van der Waals surface area (Å²) >= 11 is 5.59. The summed E-state index contributed by atoms with van der Waals surface area (Å²) in [7, 11) is 0. The van der Waals surface area contributed by atoms with E-state index in [2.05, 4.69) is 15.6 Å². The van der Waals surface area contributed by atoms with Crippen LogP contribution in [0.2, 0.25) is 5.02 Å². The van der Waals surface area contributed by atoms with E-state index in [4.69, 9.17) is 11.6 Å². The Morgan fingerprint density at radius 2 is 1.85 bits per heavy atom. The van der Waals surface area contributed by atoms with Gasteiger partial charge in [0.1, 0.15) is 0 Å². The first kappa shape index (κ1) is 18.5. The average Bonchev–Trinajstić information content (AvgIpc) is 3.09. The molecule has 1 aliphatic rings. The standard InChI is InChI=1S/C18H17ClF3N3O/c19-16-6-5-13(8-15(16)18(20,21)22)25-17(26)11-7-14(10-23-9-11)24-12-3-1-2-4-12/h5-10,12,24H,1-4H2,(H,25,26). The lowest BCUT2D eigenvalue weighted by Gasteiger charge is -2.14. The Labute approximate surface area is 153 Å². The first-order chi connectivity index (χ1) is 12.3. The number of alkyl halides is 3. The van der Waals surface area contributed by atoms with Crippen molar-refractivity contribution in [1.29, 1.82) is 0 Å². The summed E-state index contributed by atoms with van der Waals surface area (Å²) in [6, 6.07) is 5.25. The molecule has 1 aromatic heterocycles. The smallest absolute Gasteiger partial charge is 0.381 e. The molecule has 26 heavy (non-hydrogen) atoms. The lowest BCUT2D eigenvalue weighted by molar-refractivity contribution is -0.137. The molecule has 1 saturated carbocycles. The molecule has 1 aliphatic carbocycles. The van der Waals surface area contributed by atoms with E-state index in [1.54, 1.807) is 12.3 Å². The Balaban J connectivity index is 1.74. The van der Waals surface area contributed by atoms with Gasteiger partial charge in [-0.25, -0.2) is 0 Å². The molecule has 0 radical (unpaired) electrons. The molecule has 2 N–H and O–H groups in total. The van der Waals surface area contributed by atoms with Gasteiger partial charge in [-0.1, -0.05) is 24.4 Å². The van der Waals surface area contributed by atoms with Crippen LogP contribution in [0.25, 0.3) is 0 Å². The number of hydrogen-bond donors (Lipinski definition) is 2. The van der Waals surface area contributed by atoms with Gasteiger partial charge in [0.15, 0.2) is 0 Å². The van der Waals surface area contributed by atoms with Gasteiger partial charge in [-0.3, -0.25) is 9.78 Å². The number of pyridine rings is 1. The van der Waals surface area contributed by atoms with E-state index in [1.165, 1.54) is 25.1 Å². The maximum absolute atomic E-state index is 12.9. The number of nitrogens with one attached hydrogen (secondary N) is 2. The number of aromatic nitrogens is 1. The van der Waals surface area contributed by atoms with Gasteiger partial charge in [-0.05, 0) is 37.1 Å². The molecule has 2 aromatic rings. The van der Waals surface area contributed by atoms with Gasteiger partial charge in [0.05, 0.1) is 21.8 Å². The quantitative estimate of drug-likeness (QED) is 0.747. The highest BCUT2D eigenvalue weighted by atomic mass is 35.5. The van der Waals surface area contributed by atoms with Crippen LogP contribution in [0.5, 0.6) is 0 Å². The molecule has 8 heteroatoms. The Bertz CT molecular complexity index is 805. The highest BCUT2D eigenvalue weighted by Crippen LogP contribution is 2.36. The molecule has 138 valence electrons. The van der Waals surface area contributed by atoms with E-state index < -0.39 is 22.7 Å². The summed E-state index contributed by atoms with van der Waals surface area (Å²) in [5, 5.41) is 5.36. The predicted molar refractivity (Wildman–Crippen MR) is 94.5 cm³/mol. The molecule has 1 amide bonds. The Kier molecular flexibility index (Phi) is 5.36. The van der Waals surface area contributed by atoms with Crippen molar-refractivity contribution in [3.63, 3.8) is 0 Å². The minimum Gasteiger partial charge on any atom is -0.381 e. The highest BCUT2D eigenvalue weighted by Gasteiger charge is 2.33. The number of rotatable bonds is 4. The van der Waals surface area contributed by atoms with Crippen molar-refractivity contribution in [1.82, 2.24) is 4.98 Å². The number of anilines is 2. The molecule has 0 atom stereocenters. The highest BCUT2D eigenvalue weighted by molar-refractivity contribution is 6.31. The fraction of sp³-hybridized carbons (Fsp3) is 0.333. The van der Waals surface area contributed by atoms with E-state index in [0.717, 1.165) is 30.7 Å². The van der Waals surface area contributed by atoms with Crippen LogP contribution in [0.15, 0.2) is 36.7 Å². The van der Waals surface area contributed by atoms with Gasteiger partial charge in [0.25, 0.3) is 5.91 Å². The predicted octanol–water partition coefficient (Wildman–Crippen LogP) is 5.36. The molecule has 1 fully saturated rings. The molecule has 4 nitrogen and oxygen atoms in total. The zero-order valence-electron chi connectivity index (χ0n) is 13.7. The maximum atomic E-state index is 12.9. The number of carbonyl (C=O) groups is 1. The second-order valence-electron chi connectivity index (χ2n) is 6.23. The van der Waals surface area contributed by atoms with Crippen molar-refractivity contribution < 1.29 is 18.0 Å². The normalized spacial score (nSPS) is 15.1. The van der Waals surface area contributed by atoms with Gasteiger partial charge in [-0.2, -0.15) is 13.2 Å². The monoisotopic (exact) mass is 383 g/mol. The summed E-state index contributed by atoms with van der Waals surface area (Å²) in [4.78, 5) is 16.4. The first-order valence-electron chi connectivity index (χ1n) is 8.22. The summed E-state index contributed by atoms with van der Waals surface area (Å²) in [5.74, 6) is -0.539. The minimum atomic E-state index is -4.59. The van der Waals surface area contributed by atoms with Crippen LogP contribution >= 0.6 is 11.6 Å². The Morgan fingerprint density at radius 1 is 1.12 bits per heavy atom. The topological polar surface area (TPSA) is 54.0 Å². The fourth-order valence-electron chi connectivity index (χ4n) is 2.97. The lowest BCUT2D eigenvalue weighted by Crippen LogP contribution is -2.17. The first-order valence-corrected chi connectivity index (χ1v) is 8.60. The summed E-state index contributed by atoms with van der Waals surface area (Å²) in [5.41, 5.74) is 0.000708. The van der Waals surface area contributed by atoms with Crippen LogP contribution in [0.1, 0.15) is 41.6 Å². The molecular formula is C18H17ClF3N3O. The summed E-state index contributed by atoms with van der Waals surface area (Å²) < 4.78 is 38.8. The number of benzene rings is 1. The summed E-state index contributed by atoms with van der Waals surface area (Å²) in [6.45, 7) is 0. The Morgan fingerprint density at radius 3 is 2.54 bits per heavy atom. The van der Waals surface area contributed by atoms with Gasteiger partial charge < -0.3 is 10.6 Å². The van der Waals surface area contributed by atoms with Gasteiger partial charge in [0, 0.05) is 24.1 Å². The van der Waals surface area contributed by atoms with Crippen LogP contribution in [-0.4, -0.2) is 16.9 Å². The van der Waals surface area contributed by atoms with Crippen LogP contribution in [0.3, 0.4) is 0 Å². The van der Waals surface area contributed by atoms with Crippen LogP contribution in [-0.2, 0) is 6.18 Å². The molecule has 0 unspecified atom stereocenters. The van der Waals surface area contributed by atoms with Gasteiger partial charge >= 0.3 is 6.18 Å². The number of halogens is 4. The van der Waals surface area contributed by atoms with Crippen LogP contribution in [0.4, 0.5) is 24.5 Å². The van der Waals surface area contributed by atoms with Crippen LogP contribution in [0, 0.1) is 0 Å². The third-order valence-corrected chi connectivity index (χ3v) is 4.59. The van der Waals surface area contributed by atoms with E-state index in [9.17, 15) is 18.0 Å². The Hall–Kier alpha value is -2.28. The van der Waals surface area contributed by atoms with Crippen molar-refractivity contribution >= 4 is 28.9 Å². The molecule has 1 heterocycles. The van der Waals surface area contributed by atoms with Gasteiger partial charge in [0.2, 0.25) is 0 Å². The second-order valence-corrected chi connectivity index (χ2v) is 6.64. The van der Waals surface area contributed by atoms with Crippen LogP contribution < -0.4 is 10.6 Å². The minimum absolute atomic E-state index is 0.0147. The number of nitrogens with zero attached hydrogens (tertiary/aromatic N) is 1. The largest absolute Gasteiger partial charge is 0.417 e. The third-order valence-electron chi connectivity index (χ3n) is 4.26. The van der Waals surface area contributed by atoms with Crippen molar-refractivity contribution in [2.45, 2.75) is 37.9 Å². The fourth-order valence-corrected chi connectivity index (χ4v) is 3.20. The van der Waals surface area contributed by atoms with E-state index in [-0.39, 0.29) is 11.3 Å². The van der Waals surface area contributed by atoms with Crippen molar-refractivity contribution in [2.24, 2.45) is 0 Å². The number of carbonyl (C=O) groups excluding carboxylic acids is 1. The third kappa shape index (κ3) is 4.46. The maximum Gasteiger partial charge on any atom is 0.417 e. The zero-order chi connectivity index (χ0) is 18.7. The number of amides is 1. The average molecular weight is 384 g/mol. The second kappa shape index (κ2) is 7.53. The number of hydrogen-bond acceptors (Lipinski definition) is 3. The molecule has 0 bridgehead atoms. The SMILES string of the molecule is O=C(Nc1ccc(Cl)c(C(F)(F)F)c1)c1cncc(NC2CCCC2)c1. The van der Waals surface area contributed by atoms with E-state index in [0.29, 0.717) is 6.04 Å². The summed E-state index contributed by atoms with van der Waals surface area (Å²) in [6.07, 6.45) is 2.88. The van der Waals surface area contributed by atoms with Gasteiger partial charge in [-0.15, -0.1) is 0 Å². The molecular weight excluding hydrogens is 367 g/mol.